The fraction of sp³-hybridized carbons (Fsp3) is 0.375. The van der Waals surface area contributed by atoms with Gasteiger partial charge in [0.05, 0.1) is 26.9 Å². The van der Waals surface area contributed by atoms with Gasteiger partial charge in [0.25, 0.3) is 5.91 Å². The summed E-state index contributed by atoms with van der Waals surface area (Å²) in [5, 5.41) is 3.38. The van der Waals surface area contributed by atoms with Gasteiger partial charge in [0.2, 0.25) is 5.91 Å². The van der Waals surface area contributed by atoms with Gasteiger partial charge < -0.3 is 24.4 Å². The summed E-state index contributed by atoms with van der Waals surface area (Å²) in [6, 6.07) is 10.0. The van der Waals surface area contributed by atoms with Gasteiger partial charge >= 0.3 is 5.97 Å². The van der Waals surface area contributed by atoms with E-state index in [1.165, 1.54) is 21.3 Å². The molecule has 0 spiro atoms. The Kier molecular flexibility index (Phi) is 8.16. The zero-order valence-corrected chi connectivity index (χ0v) is 19.6. The summed E-state index contributed by atoms with van der Waals surface area (Å²) in [6.45, 7) is 1.19. The molecule has 2 amide bonds. The number of esters is 1. The molecule has 1 N–H and O–H groups in total. The highest BCUT2D eigenvalue weighted by atomic mass is 35.5. The Bertz CT molecular complexity index is 1030. The van der Waals surface area contributed by atoms with Crippen molar-refractivity contribution in [3.63, 3.8) is 0 Å². The number of ether oxygens (including phenoxy) is 3. The van der Waals surface area contributed by atoms with Crippen LogP contribution in [0.4, 0.5) is 0 Å². The first-order valence-corrected chi connectivity index (χ1v) is 10.9. The predicted molar refractivity (Wildman–Crippen MR) is 123 cm³/mol. The lowest BCUT2D eigenvalue weighted by molar-refractivity contribution is -0.126. The molecule has 2 aromatic rings. The summed E-state index contributed by atoms with van der Waals surface area (Å²) in [6.07, 6.45) is 1.10. The molecule has 0 aliphatic carbocycles. The maximum atomic E-state index is 12.9. The second-order valence-electron chi connectivity index (χ2n) is 7.66. The molecule has 0 saturated carbocycles. The van der Waals surface area contributed by atoms with Crippen LogP contribution in [0.3, 0.4) is 0 Å². The third-order valence-corrected chi connectivity index (χ3v) is 5.92. The van der Waals surface area contributed by atoms with Crippen LogP contribution in [-0.4, -0.2) is 57.1 Å². The van der Waals surface area contributed by atoms with E-state index in [1.54, 1.807) is 41.3 Å². The zero-order valence-electron chi connectivity index (χ0n) is 18.9. The number of hydrogen-bond acceptors (Lipinski definition) is 6. The minimum atomic E-state index is -0.506. The Morgan fingerprint density at radius 3 is 2.24 bits per heavy atom. The molecular weight excluding hydrogens is 448 g/mol. The molecule has 1 fully saturated rings. The monoisotopic (exact) mass is 474 g/mol. The highest BCUT2D eigenvalue weighted by Crippen LogP contribution is 2.27. The fourth-order valence-electron chi connectivity index (χ4n) is 3.83. The van der Waals surface area contributed by atoms with Crippen LogP contribution in [-0.2, 0) is 16.1 Å². The largest absolute Gasteiger partial charge is 0.496 e. The lowest BCUT2D eigenvalue weighted by Crippen LogP contribution is -2.43. The van der Waals surface area contributed by atoms with Gasteiger partial charge in [-0.2, -0.15) is 0 Å². The topological polar surface area (TPSA) is 94.2 Å². The third-order valence-electron chi connectivity index (χ3n) is 5.68. The number of amides is 2. The van der Waals surface area contributed by atoms with Gasteiger partial charge in [-0.3, -0.25) is 9.59 Å². The van der Waals surface area contributed by atoms with Crippen molar-refractivity contribution in [2.24, 2.45) is 5.92 Å². The van der Waals surface area contributed by atoms with E-state index in [0.29, 0.717) is 53.6 Å². The SMILES string of the molecule is COC(=O)c1cc(CNC(=O)C2CCN(C(=O)c3cc(Cl)ccc3OC)CC2)ccc1OC. The number of hydrogen-bond donors (Lipinski definition) is 1. The Morgan fingerprint density at radius 1 is 0.970 bits per heavy atom. The highest BCUT2D eigenvalue weighted by molar-refractivity contribution is 6.31. The van der Waals surface area contributed by atoms with E-state index in [2.05, 4.69) is 5.32 Å². The first-order valence-electron chi connectivity index (χ1n) is 10.5. The molecule has 1 heterocycles. The van der Waals surface area contributed by atoms with E-state index in [4.69, 9.17) is 25.8 Å². The number of nitrogens with one attached hydrogen (secondary N) is 1. The van der Waals surface area contributed by atoms with Crippen LogP contribution in [0, 0.1) is 5.92 Å². The molecule has 0 unspecified atom stereocenters. The van der Waals surface area contributed by atoms with Gasteiger partial charge in [-0.1, -0.05) is 17.7 Å². The summed E-state index contributed by atoms with van der Waals surface area (Å²) in [7, 11) is 4.28. The van der Waals surface area contributed by atoms with Crippen molar-refractivity contribution in [2.45, 2.75) is 19.4 Å². The number of carbonyl (C=O) groups is 3. The quantitative estimate of drug-likeness (QED) is 0.619. The summed E-state index contributed by atoms with van der Waals surface area (Å²) in [5.41, 5.74) is 1.47. The second-order valence-corrected chi connectivity index (χ2v) is 8.09. The van der Waals surface area contributed by atoms with Crippen molar-refractivity contribution in [2.75, 3.05) is 34.4 Å². The molecular formula is C24H27ClN2O6. The third kappa shape index (κ3) is 5.76. The normalized spacial score (nSPS) is 13.9. The van der Waals surface area contributed by atoms with E-state index < -0.39 is 5.97 Å². The molecule has 8 nitrogen and oxygen atoms in total. The molecule has 1 saturated heterocycles. The molecule has 0 bridgehead atoms. The lowest BCUT2D eigenvalue weighted by atomic mass is 9.95. The number of likely N-dealkylation sites (tertiary alicyclic amines) is 1. The molecule has 1 aliphatic heterocycles. The van der Waals surface area contributed by atoms with Crippen molar-refractivity contribution in [3.05, 3.63) is 58.1 Å². The molecule has 0 atom stereocenters. The van der Waals surface area contributed by atoms with Crippen molar-refractivity contribution in [1.82, 2.24) is 10.2 Å². The first-order chi connectivity index (χ1) is 15.9. The molecule has 2 aromatic carbocycles. The van der Waals surface area contributed by atoms with Crippen molar-refractivity contribution in [1.29, 1.82) is 0 Å². The van der Waals surface area contributed by atoms with Gasteiger partial charge in [0.15, 0.2) is 0 Å². The summed E-state index contributed by atoms with van der Waals surface area (Å²) in [5.74, 6) is -0.0814. The van der Waals surface area contributed by atoms with Gasteiger partial charge in [-0.25, -0.2) is 4.79 Å². The number of methoxy groups -OCH3 is 3. The number of nitrogens with zero attached hydrogens (tertiary/aromatic N) is 1. The molecule has 0 radical (unpaired) electrons. The smallest absolute Gasteiger partial charge is 0.341 e. The summed E-state index contributed by atoms with van der Waals surface area (Å²) >= 11 is 6.05. The first kappa shape index (κ1) is 24.4. The average molecular weight is 475 g/mol. The van der Waals surface area contributed by atoms with E-state index in [9.17, 15) is 14.4 Å². The van der Waals surface area contributed by atoms with Crippen LogP contribution in [0.2, 0.25) is 5.02 Å². The van der Waals surface area contributed by atoms with Gasteiger partial charge in [0.1, 0.15) is 17.1 Å². The van der Waals surface area contributed by atoms with E-state index in [-0.39, 0.29) is 24.3 Å². The molecule has 0 aromatic heterocycles. The van der Waals surface area contributed by atoms with Crippen LogP contribution >= 0.6 is 11.6 Å². The maximum absolute atomic E-state index is 12.9. The summed E-state index contributed by atoms with van der Waals surface area (Å²) < 4.78 is 15.3. The van der Waals surface area contributed by atoms with E-state index >= 15 is 0 Å². The molecule has 1 aliphatic rings. The second kappa shape index (κ2) is 11.0. The van der Waals surface area contributed by atoms with Crippen molar-refractivity contribution < 1.29 is 28.6 Å². The van der Waals surface area contributed by atoms with Gasteiger partial charge in [-0.05, 0) is 48.7 Å². The van der Waals surface area contributed by atoms with Crippen LogP contribution in [0.15, 0.2) is 36.4 Å². The average Bonchev–Trinajstić information content (AvgIpc) is 2.86. The van der Waals surface area contributed by atoms with Crippen LogP contribution < -0.4 is 14.8 Å². The molecule has 3 rings (SSSR count). The number of piperidine rings is 1. The Hall–Kier alpha value is -3.26. The van der Waals surface area contributed by atoms with Gasteiger partial charge in [0, 0.05) is 30.6 Å². The molecule has 33 heavy (non-hydrogen) atoms. The van der Waals surface area contributed by atoms with Crippen LogP contribution in [0.25, 0.3) is 0 Å². The molecule has 176 valence electrons. The lowest BCUT2D eigenvalue weighted by Gasteiger charge is -2.31. The molecule has 9 heteroatoms. The summed E-state index contributed by atoms with van der Waals surface area (Å²) in [4.78, 5) is 39.3. The number of rotatable bonds is 7. The number of benzene rings is 2. The number of halogens is 1. The van der Waals surface area contributed by atoms with E-state index in [0.717, 1.165) is 5.56 Å². The maximum Gasteiger partial charge on any atom is 0.341 e. The minimum absolute atomic E-state index is 0.0853. The number of carbonyl (C=O) groups excluding carboxylic acids is 3. The van der Waals surface area contributed by atoms with Gasteiger partial charge in [-0.15, -0.1) is 0 Å². The predicted octanol–water partition coefficient (Wildman–Crippen LogP) is 3.31. The fourth-order valence-corrected chi connectivity index (χ4v) is 4.00. The van der Waals surface area contributed by atoms with Crippen LogP contribution in [0.5, 0.6) is 11.5 Å². The standard InChI is InChI=1S/C24H27ClN2O6/c1-31-20-7-5-17(25)13-18(20)23(29)27-10-8-16(9-11-27)22(28)26-14-15-4-6-21(32-2)19(12-15)24(30)33-3/h4-7,12-13,16H,8-11,14H2,1-3H3,(H,26,28). The van der Waals surface area contributed by atoms with Crippen molar-refractivity contribution >= 4 is 29.4 Å². The van der Waals surface area contributed by atoms with Crippen molar-refractivity contribution in [3.8, 4) is 11.5 Å². The van der Waals surface area contributed by atoms with E-state index in [1.807, 2.05) is 0 Å². The zero-order chi connectivity index (χ0) is 24.0. The Balaban J connectivity index is 1.56. The Morgan fingerprint density at radius 2 is 1.61 bits per heavy atom. The van der Waals surface area contributed by atoms with Crippen LogP contribution in [0.1, 0.15) is 39.1 Å². The highest BCUT2D eigenvalue weighted by Gasteiger charge is 2.29. The minimum Gasteiger partial charge on any atom is -0.496 e. The Labute approximate surface area is 197 Å².